The Labute approximate surface area is 73.9 Å². The molecule has 12 heavy (non-hydrogen) atoms. The van der Waals surface area contributed by atoms with Crippen molar-refractivity contribution in [2.75, 3.05) is 0 Å². The van der Waals surface area contributed by atoms with Crippen LogP contribution in [0.2, 0.25) is 0 Å². The third-order valence-electron chi connectivity index (χ3n) is 2.13. The van der Waals surface area contributed by atoms with Crippen LogP contribution in [0.25, 0.3) is 0 Å². The number of hydrogen-bond donors (Lipinski definition) is 1. The molecule has 0 radical (unpaired) electrons. The van der Waals surface area contributed by atoms with Crippen molar-refractivity contribution in [3.63, 3.8) is 0 Å². The Balaban J connectivity index is 2.46. The van der Waals surface area contributed by atoms with E-state index in [1.807, 2.05) is 13.8 Å². The van der Waals surface area contributed by atoms with Gasteiger partial charge in [0.15, 0.2) is 5.72 Å². The van der Waals surface area contributed by atoms with Gasteiger partial charge in [-0.1, -0.05) is 6.42 Å². The van der Waals surface area contributed by atoms with Crippen LogP contribution in [0.5, 0.6) is 0 Å². The fraction of sp³-hybridized carbons (Fsp3) is 1.00. The van der Waals surface area contributed by atoms with Crippen molar-refractivity contribution in [2.45, 2.75) is 57.7 Å². The maximum atomic E-state index is 9.86. The van der Waals surface area contributed by atoms with Crippen LogP contribution in [-0.4, -0.2) is 16.9 Å². The molecular weight excluding hydrogens is 152 g/mol. The van der Waals surface area contributed by atoms with Gasteiger partial charge in [0.05, 0.1) is 6.04 Å². The van der Waals surface area contributed by atoms with Crippen LogP contribution >= 0.6 is 0 Å². The predicted molar refractivity (Wildman–Crippen MR) is 48.0 cm³/mol. The summed E-state index contributed by atoms with van der Waals surface area (Å²) in [5.74, 6) is 0. The molecule has 1 aliphatic rings. The summed E-state index contributed by atoms with van der Waals surface area (Å²) in [4.78, 5) is 0. The first kappa shape index (κ1) is 9.65. The summed E-state index contributed by atoms with van der Waals surface area (Å²) in [5.41, 5.74) is -0.831. The van der Waals surface area contributed by atoms with Crippen LogP contribution in [-0.2, 0) is 0 Å². The Morgan fingerprint density at radius 1 is 1.17 bits per heavy atom. The van der Waals surface area contributed by atoms with Crippen LogP contribution < -0.4 is 0 Å². The van der Waals surface area contributed by atoms with Crippen molar-refractivity contribution >= 4 is 0 Å². The van der Waals surface area contributed by atoms with Gasteiger partial charge < -0.3 is 5.11 Å². The fourth-order valence-corrected chi connectivity index (χ4v) is 1.44. The highest BCUT2D eigenvalue weighted by Gasteiger charge is 2.28. The van der Waals surface area contributed by atoms with Gasteiger partial charge in [0, 0.05) is 0 Å². The Morgan fingerprint density at radius 3 is 2.25 bits per heavy atom. The molecule has 0 amide bonds. The van der Waals surface area contributed by atoms with Crippen molar-refractivity contribution in [2.24, 2.45) is 10.2 Å². The minimum atomic E-state index is -0.831. The van der Waals surface area contributed by atoms with Crippen LogP contribution in [0.3, 0.4) is 0 Å². The Hall–Kier alpha value is -0.440. The quantitative estimate of drug-likeness (QED) is 0.636. The molecule has 0 aliphatic heterocycles. The van der Waals surface area contributed by atoms with E-state index in [1.54, 1.807) is 0 Å². The van der Waals surface area contributed by atoms with Gasteiger partial charge >= 0.3 is 0 Å². The van der Waals surface area contributed by atoms with Gasteiger partial charge in [0.25, 0.3) is 0 Å². The minimum Gasteiger partial charge on any atom is -0.368 e. The first-order valence-electron chi connectivity index (χ1n) is 4.77. The summed E-state index contributed by atoms with van der Waals surface area (Å²) < 4.78 is 0. The van der Waals surface area contributed by atoms with E-state index in [0.717, 1.165) is 25.7 Å². The van der Waals surface area contributed by atoms with E-state index in [1.165, 1.54) is 6.42 Å². The zero-order valence-corrected chi connectivity index (χ0v) is 7.95. The van der Waals surface area contributed by atoms with Crippen molar-refractivity contribution in [3.8, 4) is 0 Å². The minimum absolute atomic E-state index is 0.191. The molecule has 0 heterocycles. The number of azo groups is 1. The molecule has 0 aromatic heterocycles. The normalized spacial score (nSPS) is 23.7. The molecule has 0 atom stereocenters. The monoisotopic (exact) mass is 170 g/mol. The average Bonchev–Trinajstić information content (AvgIpc) is 2.03. The van der Waals surface area contributed by atoms with Crippen LogP contribution in [0, 0.1) is 0 Å². The highest BCUT2D eigenvalue weighted by Crippen LogP contribution is 2.29. The SMILES string of the molecule is CC(C)N=NC1(O)CCCCC1. The highest BCUT2D eigenvalue weighted by molar-refractivity contribution is 4.78. The molecule has 3 heteroatoms. The van der Waals surface area contributed by atoms with E-state index in [-0.39, 0.29) is 6.04 Å². The number of nitrogens with zero attached hydrogens (tertiary/aromatic N) is 2. The summed E-state index contributed by atoms with van der Waals surface area (Å²) in [6.07, 6.45) is 4.94. The van der Waals surface area contributed by atoms with Gasteiger partial charge in [-0.05, 0) is 39.5 Å². The van der Waals surface area contributed by atoms with E-state index < -0.39 is 5.72 Å². The molecule has 3 nitrogen and oxygen atoms in total. The molecule has 0 spiro atoms. The predicted octanol–water partition coefficient (Wildman–Crippen LogP) is 2.50. The lowest BCUT2D eigenvalue weighted by Gasteiger charge is -2.26. The first-order valence-corrected chi connectivity index (χ1v) is 4.77. The Bertz CT molecular complexity index is 160. The van der Waals surface area contributed by atoms with Crippen LogP contribution in [0.4, 0.5) is 0 Å². The molecule has 0 bridgehead atoms. The summed E-state index contributed by atoms with van der Waals surface area (Å²) in [6, 6.07) is 0.191. The van der Waals surface area contributed by atoms with Gasteiger partial charge in [-0.3, -0.25) is 0 Å². The van der Waals surface area contributed by atoms with Crippen molar-refractivity contribution in [1.82, 2.24) is 0 Å². The molecule has 1 saturated carbocycles. The highest BCUT2D eigenvalue weighted by atomic mass is 16.3. The third-order valence-corrected chi connectivity index (χ3v) is 2.13. The van der Waals surface area contributed by atoms with Crippen LogP contribution in [0.15, 0.2) is 10.2 Å². The van der Waals surface area contributed by atoms with Gasteiger partial charge in [-0.15, -0.1) is 0 Å². The zero-order chi connectivity index (χ0) is 9.03. The first-order chi connectivity index (χ1) is 5.62. The van der Waals surface area contributed by atoms with Gasteiger partial charge in [-0.25, -0.2) is 0 Å². The lowest BCUT2D eigenvalue weighted by atomic mass is 9.93. The molecule has 70 valence electrons. The summed E-state index contributed by atoms with van der Waals surface area (Å²) in [7, 11) is 0. The standard InChI is InChI=1S/C9H18N2O/c1-8(2)10-11-9(12)6-4-3-5-7-9/h8,12H,3-7H2,1-2H3. The summed E-state index contributed by atoms with van der Waals surface area (Å²) in [5, 5.41) is 17.8. The van der Waals surface area contributed by atoms with E-state index in [4.69, 9.17) is 0 Å². The molecule has 0 aromatic rings. The van der Waals surface area contributed by atoms with E-state index in [9.17, 15) is 5.11 Å². The van der Waals surface area contributed by atoms with Crippen molar-refractivity contribution in [3.05, 3.63) is 0 Å². The molecule has 0 aromatic carbocycles. The lowest BCUT2D eigenvalue weighted by molar-refractivity contribution is 0.00460. The summed E-state index contributed by atoms with van der Waals surface area (Å²) >= 11 is 0. The Kier molecular flexibility index (Phi) is 3.20. The van der Waals surface area contributed by atoms with Gasteiger partial charge in [0.1, 0.15) is 0 Å². The van der Waals surface area contributed by atoms with E-state index >= 15 is 0 Å². The summed E-state index contributed by atoms with van der Waals surface area (Å²) in [6.45, 7) is 3.94. The van der Waals surface area contributed by atoms with Crippen molar-refractivity contribution in [1.29, 1.82) is 0 Å². The van der Waals surface area contributed by atoms with Crippen LogP contribution in [0.1, 0.15) is 46.0 Å². The van der Waals surface area contributed by atoms with E-state index in [2.05, 4.69) is 10.2 Å². The zero-order valence-electron chi connectivity index (χ0n) is 7.95. The lowest BCUT2D eigenvalue weighted by Crippen LogP contribution is -2.28. The second-order valence-electron chi connectivity index (χ2n) is 3.85. The second-order valence-corrected chi connectivity index (χ2v) is 3.85. The molecular formula is C9H18N2O. The van der Waals surface area contributed by atoms with Gasteiger partial charge in [0.2, 0.25) is 0 Å². The molecule has 1 rings (SSSR count). The van der Waals surface area contributed by atoms with E-state index in [0.29, 0.717) is 0 Å². The largest absolute Gasteiger partial charge is 0.368 e. The average molecular weight is 170 g/mol. The maximum absolute atomic E-state index is 9.86. The smallest absolute Gasteiger partial charge is 0.176 e. The Morgan fingerprint density at radius 2 is 1.75 bits per heavy atom. The topological polar surface area (TPSA) is 45.0 Å². The number of aliphatic hydroxyl groups is 1. The molecule has 1 N–H and O–H groups in total. The number of rotatable bonds is 2. The molecule has 0 saturated heterocycles. The van der Waals surface area contributed by atoms with Crippen molar-refractivity contribution < 1.29 is 5.11 Å². The molecule has 1 fully saturated rings. The fourth-order valence-electron chi connectivity index (χ4n) is 1.44. The third kappa shape index (κ3) is 2.89. The second kappa shape index (κ2) is 3.99. The molecule has 1 aliphatic carbocycles. The maximum Gasteiger partial charge on any atom is 0.176 e. The number of hydrogen-bond acceptors (Lipinski definition) is 3. The molecule has 0 unspecified atom stereocenters. The van der Waals surface area contributed by atoms with Gasteiger partial charge in [-0.2, -0.15) is 10.2 Å².